The minimum absolute atomic E-state index is 0.0819. The zero-order chi connectivity index (χ0) is 20.4. The molecule has 8 heteroatoms. The molecule has 3 heterocycles. The van der Waals surface area contributed by atoms with Crippen LogP contribution in [-0.2, 0) is 13.6 Å². The molecule has 152 valence electrons. The van der Waals surface area contributed by atoms with Crippen LogP contribution in [-0.4, -0.2) is 45.2 Å². The molecule has 1 aromatic carbocycles. The highest BCUT2D eigenvalue weighted by Crippen LogP contribution is 2.23. The van der Waals surface area contributed by atoms with E-state index in [4.69, 9.17) is 4.74 Å². The van der Waals surface area contributed by atoms with Crippen LogP contribution < -0.4 is 15.7 Å². The van der Waals surface area contributed by atoms with Gasteiger partial charge in [-0.05, 0) is 42.7 Å². The average molecular weight is 395 g/mol. The summed E-state index contributed by atoms with van der Waals surface area (Å²) >= 11 is 0. The first-order chi connectivity index (χ1) is 14.1. The van der Waals surface area contributed by atoms with Crippen LogP contribution in [0, 0.1) is 0 Å². The first-order valence-electron chi connectivity index (χ1n) is 9.76. The molecule has 0 radical (unpaired) electrons. The molecule has 1 atom stereocenters. The van der Waals surface area contributed by atoms with Gasteiger partial charge in [-0.2, -0.15) is 0 Å². The molecule has 8 nitrogen and oxygen atoms in total. The fourth-order valence-electron chi connectivity index (χ4n) is 3.90. The summed E-state index contributed by atoms with van der Waals surface area (Å²) in [5, 5.41) is 2.97. The van der Waals surface area contributed by atoms with Crippen LogP contribution in [0.1, 0.15) is 24.4 Å². The molecule has 0 saturated carbocycles. The lowest BCUT2D eigenvalue weighted by Gasteiger charge is -2.33. The van der Waals surface area contributed by atoms with Crippen molar-refractivity contribution in [3.05, 3.63) is 58.6 Å². The van der Waals surface area contributed by atoms with Gasteiger partial charge in [-0.15, -0.1) is 0 Å². The number of carbonyl (C=O) groups excluding carboxylic acids is 1. The standard InChI is InChI=1S/C21H25N5O3/c1-24-18-6-3-11-22-19(18)26(21(24)28)16-5-4-12-25(14-16)20(27)23-13-15-7-9-17(29-2)10-8-15/h3,6-11,16H,4-5,12-14H2,1-2H3,(H,23,27)/t16-/m0/s1. The minimum Gasteiger partial charge on any atom is -0.497 e. The lowest BCUT2D eigenvalue weighted by molar-refractivity contribution is 0.166. The van der Waals surface area contributed by atoms with Crippen LogP contribution in [0.25, 0.3) is 11.2 Å². The summed E-state index contributed by atoms with van der Waals surface area (Å²) in [4.78, 5) is 31.7. The van der Waals surface area contributed by atoms with Crippen LogP contribution >= 0.6 is 0 Å². The monoisotopic (exact) mass is 395 g/mol. The van der Waals surface area contributed by atoms with Crippen molar-refractivity contribution in [2.24, 2.45) is 7.05 Å². The number of likely N-dealkylation sites (tertiary alicyclic amines) is 1. The smallest absolute Gasteiger partial charge is 0.330 e. The molecule has 0 unspecified atom stereocenters. The van der Waals surface area contributed by atoms with E-state index in [1.807, 2.05) is 36.4 Å². The van der Waals surface area contributed by atoms with Crippen molar-refractivity contribution in [3.63, 3.8) is 0 Å². The Morgan fingerprint density at radius 3 is 2.83 bits per heavy atom. The highest BCUT2D eigenvalue weighted by Gasteiger charge is 2.28. The molecule has 1 N–H and O–H groups in total. The first kappa shape index (κ1) is 19.0. The van der Waals surface area contributed by atoms with Gasteiger partial charge in [0.1, 0.15) is 5.75 Å². The SMILES string of the molecule is COc1ccc(CNC(=O)N2CCC[C@H](n3c(=O)n(C)c4cccnc43)C2)cc1. The average Bonchev–Trinajstić information content (AvgIpc) is 3.03. The number of imidazole rings is 1. The maximum atomic E-state index is 12.8. The molecular weight excluding hydrogens is 370 g/mol. The molecule has 2 aromatic heterocycles. The number of piperidine rings is 1. The van der Waals surface area contributed by atoms with Gasteiger partial charge in [0.25, 0.3) is 0 Å². The highest BCUT2D eigenvalue weighted by molar-refractivity contribution is 5.74. The summed E-state index contributed by atoms with van der Waals surface area (Å²) < 4.78 is 8.51. The second kappa shape index (κ2) is 7.98. The van der Waals surface area contributed by atoms with Crippen LogP contribution in [0.2, 0.25) is 0 Å². The number of aryl methyl sites for hydroxylation is 1. The van der Waals surface area contributed by atoms with Gasteiger partial charge in [0, 0.05) is 32.9 Å². The van der Waals surface area contributed by atoms with Gasteiger partial charge in [-0.3, -0.25) is 9.13 Å². The number of fused-ring (bicyclic) bond motifs is 1. The molecule has 1 aliphatic rings. The van der Waals surface area contributed by atoms with Crippen LogP contribution in [0.4, 0.5) is 4.79 Å². The Morgan fingerprint density at radius 1 is 1.28 bits per heavy atom. The molecule has 29 heavy (non-hydrogen) atoms. The third-order valence-electron chi connectivity index (χ3n) is 5.50. The fraction of sp³-hybridized carbons (Fsp3) is 0.381. The topological polar surface area (TPSA) is 81.4 Å². The van der Waals surface area contributed by atoms with Gasteiger partial charge in [-0.1, -0.05) is 12.1 Å². The Labute approximate surface area is 168 Å². The first-order valence-corrected chi connectivity index (χ1v) is 9.76. The van der Waals surface area contributed by atoms with Crippen molar-refractivity contribution in [1.29, 1.82) is 0 Å². The molecule has 0 aliphatic carbocycles. The van der Waals surface area contributed by atoms with E-state index in [0.717, 1.165) is 29.7 Å². The Balaban J connectivity index is 1.46. The molecule has 3 aromatic rings. The number of amides is 2. The Bertz CT molecular complexity index is 1070. The van der Waals surface area contributed by atoms with Gasteiger partial charge >= 0.3 is 11.7 Å². The summed E-state index contributed by atoms with van der Waals surface area (Å²) in [7, 11) is 3.38. The number of pyridine rings is 1. The predicted octanol–water partition coefficient (Wildman–Crippen LogP) is 2.29. The van der Waals surface area contributed by atoms with Gasteiger partial charge in [0.05, 0.1) is 18.7 Å². The van der Waals surface area contributed by atoms with E-state index in [-0.39, 0.29) is 17.8 Å². The van der Waals surface area contributed by atoms with E-state index >= 15 is 0 Å². The summed E-state index contributed by atoms with van der Waals surface area (Å²) in [6, 6.07) is 11.1. The maximum absolute atomic E-state index is 12.8. The van der Waals surface area contributed by atoms with E-state index < -0.39 is 0 Å². The predicted molar refractivity (Wildman–Crippen MR) is 110 cm³/mol. The Kier molecular flexibility index (Phi) is 5.24. The molecular formula is C21H25N5O3. The third-order valence-corrected chi connectivity index (χ3v) is 5.50. The molecule has 4 rings (SSSR count). The fourth-order valence-corrected chi connectivity index (χ4v) is 3.90. The zero-order valence-corrected chi connectivity index (χ0v) is 16.7. The van der Waals surface area contributed by atoms with Crippen molar-refractivity contribution in [2.45, 2.75) is 25.4 Å². The van der Waals surface area contributed by atoms with Crippen molar-refractivity contribution >= 4 is 17.2 Å². The number of nitrogens with one attached hydrogen (secondary N) is 1. The Morgan fingerprint density at radius 2 is 2.07 bits per heavy atom. The van der Waals surface area contributed by atoms with Gasteiger partial charge in [0.2, 0.25) is 0 Å². The number of carbonyl (C=O) groups is 1. The van der Waals surface area contributed by atoms with E-state index in [9.17, 15) is 9.59 Å². The van der Waals surface area contributed by atoms with Crippen LogP contribution in [0.15, 0.2) is 47.4 Å². The number of hydrogen-bond acceptors (Lipinski definition) is 4. The number of ether oxygens (including phenoxy) is 1. The number of urea groups is 1. The van der Waals surface area contributed by atoms with E-state index in [0.29, 0.717) is 25.3 Å². The van der Waals surface area contributed by atoms with Gasteiger partial charge < -0.3 is 15.0 Å². The van der Waals surface area contributed by atoms with Crippen molar-refractivity contribution in [3.8, 4) is 5.75 Å². The molecule has 0 spiro atoms. The molecule has 2 amide bonds. The van der Waals surface area contributed by atoms with Gasteiger partial charge in [0.15, 0.2) is 5.65 Å². The quantitative estimate of drug-likeness (QED) is 0.735. The largest absolute Gasteiger partial charge is 0.497 e. The Hall–Kier alpha value is -3.29. The minimum atomic E-state index is -0.119. The summed E-state index contributed by atoms with van der Waals surface area (Å²) in [5.74, 6) is 0.785. The van der Waals surface area contributed by atoms with E-state index in [2.05, 4.69) is 10.3 Å². The summed E-state index contributed by atoms with van der Waals surface area (Å²) in [6.07, 6.45) is 3.38. The van der Waals surface area contributed by atoms with Crippen molar-refractivity contribution < 1.29 is 9.53 Å². The summed E-state index contributed by atoms with van der Waals surface area (Å²) in [5.41, 5.74) is 2.38. The second-order valence-electron chi connectivity index (χ2n) is 7.31. The van der Waals surface area contributed by atoms with Crippen LogP contribution in [0.3, 0.4) is 0 Å². The number of hydrogen-bond donors (Lipinski definition) is 1. The number of methoxy groups -OCH3 is 1. The number of nitrogens with zero attached hydrogens (tertiary/aromatic N) is 4. The van der Waals surface area contributed by atoms with Crippen molar-refractivity contribution in [2.75, 3.05) is 20.2 Å². The van der Waals surface area contributed by atoms with E-state index in [1.54, 1.807) is 34.4 Å². The van der Waals surface area contributed by atoms with Gasteiger partial charge in [-0.25, -0.2) is 14.6 Å². The van der Waals surface area contributed by atoms with E-state index in [1.165, 1.54) is 0 Å². The number of rotatable bonds is 4. The lowest BCUT2D eigenvalue weighted by Crippen LogP contribution is -2.47. The number of aromatic nitrogens is 3. The molecule has 0 bridgehead atoms. The number of benzene rings is 1. The second-order valence-corrected chi connectivity index (χ2v) is 7.31. The van der Waals surface area contributed by atoms with Crippen molar-refractivity contribution in [1.82, 2.24) is 24.3 Å². The maximum Gasteiger partial charge on any atom is 0.330 e. The third kappa shape index (κ3) is 3.70. The molecule has 1 aliphatic heterocycles. The van der Waals surface area contributed by atoms with Crippen LogP contribution in [0.5, 0.6) is 5.75 Å². The lowest BCUT2D eigenvalue weighted by atomic mass is 10.1. The normalized spacial score (nSPS) is 16.8. The highest BCUT2D eigenvalue weighted by atomic mass is 16.5. The molecule has 1 fully saturated rings. The molecule has 1 saturated heterocycles. The zero-order valence-electron chi connectivity index (χ0n) is 16.7. The summed E-state index contributed by atoms with van der Waals surface area (Å²) in [6.45, 7) is 1.61.